The highest BCUT2D eigenvalue weighted by atomic mass is 35.5. The highest BCUT2D eigenvalue weighted by molar-refractivity contribution is 6.31. The molecule has 1 fully saturated rings. The lowest BCUT2D eigenvalue weighted by Crippen LogP contribution is -2.21. The van der Waals surface area contributed by atoms with Crippen LogP contribution >= 0.6 is 11.6 Å². The molecule has 0 atom stereocenters. The summed E-state index contributed by atoms with van der Waals surface area (Å²) in [6.45, 7) is 0.326. The van der Waals surface area contributed by atoms with E-state index in [1.54, 1.807) is 6.07 Å². The zero-order valence-electron chi connectivity index (χ0n) is 10.8. The first-order valence-corrected chi connectivity index (χ1v) is 6.72. The summed E-state index contributed by atoms with van der Waals surface area (Å²) in [5.74, 6) is 0. The molecule has 0 amide bonds. The van der Waals surface area contributed by atoms with Crippen molar-refractivity contribution in [2.45, 2.75) is 38.4 Å². The largest absolute Gasteiger partial charge is 0.411 e. The lowest BCUT2D eigenvalue weighted by molar-refractivity contribution is -0.384. The normalized spacial score (nSPS) is 18.9. The van der Waals surface area contributed by atoms with E-state index in [0.717, 1.165) is 37.0 Å². The Labute approximate surface area is 121 Å². The fourth-order valence-electron chi connectivity index (χ4n) is 2.17. The fourth-order valence-corrected chi connectivity index (χ4v) is 2.40. The summed E-state index contributed by atoms with van der Waals surface area (Å²) in [7, 11) is 0. The summed E-state index contributed by atoms with van der Waals surface area (Å²) in [6, 6.07) is 4.36. The first kappa shape index (κ1) is 14.7. The van der Waals surface area contributed by atoms with Crippen LogP contribution in [0.25, 0.3) is 0 Å². The van der Waals surface area contributed by atoms with Crippen molar-refractivity contribution >= 4 is 23.0 Å². The molecule has 108 valence electrons. The van der Waals surface area contributed by atoms with E-state index in [4.69, 9.17) is 21.5 Å². The molecule has 1 aromatic rings. The zero-order valence-corrected chi connectivity index (χ0v) is 11.5. The quantitative estimate of drug-likeness (QED) is 0.523. The maximum atomic E-state index is 10.6. The van der Waals surface area contributed by atoms with Crippen LogP contribution in [0.5, 0.6) is 0 Å². The summed E-state index contributed by atoms with van der Waals surface area (Å²) in [4.78, 5) is 10.1. The summed E-state index contributed by atoms with van der Waals surface area (Å²) < 4.78 is 5.75. The van der Waals surface area contributed by atoms with Gasteiger partial charge in [-0.3, -0.25) is 10.1 Å². The monoisotopic (exact) mass is 298 g/mol. The molecule has 1 saturated carbocycles. The van der Waals surface area contributed by atoms with Crippen LogP contribution in [0.15, 0.2) is 23.4 Å². The van der Waals surface area contributed by atoms with Crippen LogP contribution in [0, 0.1) is 10.1 Å². The van der Waals surface area contributed by atoms with Crippen LogP contribution in [0.3, 0.4) is 0 Å². The molecule has 0 aliphatic heterocycles. The Morgan fingerprint density at radius 2 is 2.15 bits per heavy atom. The van der Waals surface area contributed by atoms with Crippen molar-refractivity contribution in [3.8, 4) is 0 Å². The van der Waals surface area contributed by atoms with Gasteiger partial charge in [-0.15, -0.1) is 0 Å². The number of halogens is 1. The first-order valence-electron chi connectivity index (χ1n) is 6.34. The number of oxime groups is 1. The first-order chi connectivity index (χ1) is 9.60. The summed E-state index contributed by atoms with van der Waals surface area (Å²) >= 11 is 6.00. The Morgan fingerprint density at radius 1 is 1.45 bits per heavy atom. The molecule has 1 aliphatic rings. The molecule has 6 nitrogen and oxygen atoms in total. The van der Waals surface area contributed by atoms with Gasteiger partial charge < -0.3 is 9.94 Å². The van der Waals surface area contributed by atoms with Gasteiger partial charge in [0.1, 0.15) is 0 Å². The molecule has 0 spiro atoms. The Kier molecular flexibility index (Phi) is 4.92. The number of hydrogen-bond donors (Lipinski definition) is 1. The van der Waals surface area contributed by atoms with Gasteiger partial charge in [0.15, 0.2) is 0 Å². The molecule has 0 aromatic heterocycles. The number of benzene rings is 1. The Morgan fingerprint density at radius 3 is 2.70 bits per heavy atom. The number of non-ortho nitro benzene ring substituents is 1. The van der Waals surface area contributed by atoms with Crippen LogP contribution in [0.2, 0.25) is 5.02 Å². The fraction of sp³-hybridized carbons (Fsp3) is 0.462. The number of ether oxygens (including phenoxy) is 1. The molecule has 0 saturated heterocycles. The van der Waals surface area contributed by atoms with Gasteiger partial charge in [0.25, 0.3) is 5.69 Å². The second-order valence-corrected chi connectivity index (χ2v) is 5.12. The third kappa shape index (κ3) is 3.68. The van der Waals surface area contributed by atoms with Gasteiger partial charge in [-0.1, -0.05) is 16.8 Å². The van der Waals surface area contributed by atoms with Gasteiger partial charge in [0.05, 0.1) is 28.4 Å². The van der Waals surface area contributed by atoms with Gasteiger partial charge in [0, 0.05) is 12.1 Å². The maximum absolute atomic E-state index is 10.6. The molecule has 1 aliphatic carbocycles. The van der Waals surface area contributed by atoms with Crippen LogP contribution in [-0.4, -0.2) is 21.9 Å². The highest BCUT2D eigenvalue weighted by Gasteiger charge is 2.19. The molecular weight excluding hydrogens is 284 g/mol. The van der Waals surface area contributed by atoms with Gasteiger partial charge in [-0.25, -0.2) is 0 Å². The second-order valence-electron chi connectivity index (χ2n) is 4.71. The number of nitro benzene ring substituents is 1. The Hall–Kier alpha value is -1.66. The molecule has 0 heterocycles. The van der Waals surface area contributed by atoms with E-state index in [0.29, 0.717) is 11.6 Å². The lowest BCUT2D eigenvalue weighted by Gasteiger charge is -2.22. The molecule has 0 bridgehead atoms. The van der Waals surface area contributed by atoms with Crippen molar-refractivity contribution < 1.29 is 14.9 Å². The Balaban J connectivity index is 1.90. The molecule has 7 heteroatoms. The second kappa shape index (κ2) is 6.67. The minimum Gasteiger partial charge on any atom is -0.411 e. The summed E-state index contributed by atoms with van der Waals surface area (Å²) in [6.07, 6.45) is 3.19. The van der Waals surface area contributed by atoms with E-state index in [2.05, 4.69) is 5.16 Å². The van der Waals surface area contributed by atoms with Crippen LogP contribution < -0.4 is 0 Å². The van der Waals surface area contributed by atoms with Crippen molar-refractivity contribution in [2.75, 3.05) is 0 Å². The predicted octanol–water partition coefficient (Wildman–Crippen LogP) is 3.54. The van der Waals surface area contributed by atoms with Crippen molar-refractivity contribution in [1.82, 2.24) is 0 Å². The average molecular weight is 299 g/mol. The maximum Gasteiger partial charge on any atom is 0.270 e. The van der Waals surface area contributed by atoms with Crippen LogP contribution in [0.4, 0.5) is 5.69 Å². The summed E-state index contributed by atoms with van der Waals surface area (Å²) in [5.41, 5.74) is 1.51. The van der Waals surface area contributed by atoms with Gasteiger partial charge in [0.2, 0.25) is 0 Å². The number of rotatable bonds is 4. The molecule has 2 rings (SSSR count). The van der Waals surface area contributed by atoms with Gasteiger partial charge in [-0.2, -0.15) is 0 Å². The molecule has 1 N–H and O–H groups in total. The third-order valence-electron chi connectivity index (χ3n) is 3.37. The van der Waals surface area contributed by atoms with Crippen molar-refractivity contribution in [3.63, 3.8) is 0 Å². The van der Waals surface area contributed by atoms with Gasteiger partial charge in [-0.05, 0) is 37.3 Å². The SMILES string of the molecule is O=[N+]([O-])c1ccc(COC2CCC(=NO)CC2)c(Cl)c1. The highest BCUT2D eigenvalue weighted by Crippen LogP contribution is 2.25. The Bertz CT molecular complexity index is 523. The van der Waals surface area contributed by atoms with E-state index in [1.807, 2.05) is 0 Å². The number of nitrogens with zero attached hydrogens (tertiary/aromatic N) is 2. The van der Waals surface area contributed by atoms with Crippen molar-refractivity contribution in [3.05, 3.63) is 38.9 Å². The predicted molar refractivity (Wildman–Crippen MR) is 74.4 cm³/mol. The van der Waals surface area contributed by atoms with Crippen LogP contribution in [-0.2, 0) is 11.3 Å². The number of nitro groups is 1. The zero-order chi connectivity index (χ0) is 14.5. The standard InChI is InChI=1S/C13H15ClN2O4/c14-13-7-11(16(18)19)4-1-9(13)8-20-12-5-2-10(15-17)3-6-12/h1,4,7,12,17H,2-3,5-6,8H2. The third-order valence-corrected chi connectivity index (χ3v) is 3.73. The summed E-state index contributed by atoms with van der Waals surface area (Å²) in [5, 5.41) is 22.8. The van der Waals surface area contributed by atoms with E-state index < -0.39 is 4.92 Å². The van der Waals surface area contributed by atoms with Crippen LogP contribution in [0.1, 0.15) is 31.2 Å². The topological polar surface area (TPSA) is 85.0 Å². The molecular formula is C13H15ClN2O4. The molecule has 0 unspecified atom stereocenters. The number of hydrogen-bond acceptors (Lipinski definition) is 5. The van der Waals surface area contributed by atoms with E-state index in [9.17, 15) is 10.1 Å². The minimum absolute atomic E-state index is 0.0276. The molecule has 1 aromatic carbocycles. The van der Waals surface area contributed by atoms with Crippen molar-refractivity contribution in [2.24, 2.45) is 5.16 Å². The van der Waals surface area contributed by atoms with E-state index in [-0.39, 0.29) is 11.8 Å². The van der Waals surface area contributed by atoms with E-state index >= 15 is 0 Å². The minimum atomic E-state index is -0.479. The smallest absolute Gasteiger partial charge is 0.270 e. The molecule has 20 heavy (non-hydrogen) atoms. The van der Waals surface area contributed by atoms with Crippen molar-refractivity contribution in [1.29, 1.82) is 0 Å². The lowest BCUT2D eigenvalue weighted by atomic mass is 9.96. The molecule has 0 radical (unpaired) electrons. The average Bonchev–Trinajstić information content (AvgIpc) is 2.46. The van der Waals surface area contributed by atoms with E-state index in [1.165, 1.54) is 12.1 Å². The van der Waals surface area contributed by atoms with Gasteiger partial charge >= 0.3 is 0 Å².